The van der Waals surface area contributed by atoms with E-state index in [9.17, 15) is 9.90 Å². The van der Waals surface area contributed by atoms with Gasteiger partial charge in [0.2, 0.25) is 0 Å². The SMILES string of the molecule is C=C(C)C(=O)OCc1cc(CCCO)ccc1-c1ccc(-c2ccc(C3CCCCC3)cc2)c(C)c1. The number of aryl methyl sites for hydroxylation is 2. The molecule has 3 heteroatoms. The molecule has 0 heterocycles. The standard InChI is InChI=1S/C33H38O3/c1-23(2)33(35)36-22-30-21-25(8-7-19-34)11-17-32(30)29-16-18-31(24(3)20-29)28-14-12-27(13-15-28)26-9-5-4-6-10-26/h11-18,20-21,26,34H,1,4-10,19,22H2,2-3H3. The highest BCUT2D eigenvalue weighted by Gasteiger charge is 2.16. The van der Waals surface area contributed by atoms with E-state index in [1.54, 1.807) is 6.92 Å². The van der Waals surface area contributed by atoms with Crippen LogP contribution in [0.2, 0.25) is 0 Å². The average Bonchev–Trinajstić information content (AvgIpc) is 2.91. The zero-order valence-electron chi connectivity index (χ0n) is 21.7. The van der Waals surface area contributed by atoms with E-state index in [-0.39, 0.29) is 19.2 Å². The third kappa shape index (κ3) is 6.33. The number of aliphatic hydroxyl groups is 1. The van der Waals surface area contributed by atoms with Crippen LogP contribution in [0.1, 0.15) is 73.6 Å². The minimum atomic E-state index is -0.384. The van der Waals surface area contributed by atoms with Crippen LogP contribution in [0.4, 0.5) is 0 Å². The van der Waals surface area contributed by atoms with Gasteiger partial charge in [-0.3, -0.25) is 0 Å². The summed E-state index contributed by atoms with van der Waals surface area (Å²) in [5.41, 5.74) is 9.81. The predicted octanol–water partition coefficient (Wildman–Crippen LogP) is 7.92. The highest BCUT2D eigenvalue weighted by molar-refractivity contribution is 5.87. The van der Waals surface area contributed by atoms with E-state index in [4.69, 9.17) is 4.74 Å². The maximum Gasteiger partial charge on any atom is 0.333 e. The Bertz CT molecular complexity index is 1200. The molecule has 0 amide bonds. The maximum absolute atomic E-state index is 12.0. The van der Waals surface area contributed by atoms with E-state index in [1.807, 2.05) is 0 Å². The summed E-state index contributed by atoms with van der Waals surface area (Å²) >= 11 is 0. The summed E-state index contributed by atoms with van der Waals surface area (Å²) in [4.78, 5) is 12.0. The number of rotatable bonds is 9. The van der Waals surface area contributed by atoms with Crippen LogP contribution in [0.15, 0.2) is 72.8 Å². The van der Waals surface area contributed by atoms with Gasteiger partial charge >= 0.3 is 5.97 Å². The predicted molar refractivity (Wildman–Crippen MR) is 148 cm³/mol. The molecule has 36 heavy (non-hydrogen) atoms. The van der Waals surface area contributed by atoms with Crippen molar-refractivity contribution in [1.29, 1.82) is 0 Å². The maximum atomic E-state index is 12.0. The van der Waals surface area contributed by atoms with Gasteiger partial charge < -0.3 is 9.84 Å². The number of hydrogen-bond acceptors (Lipinski definition) is 3. The van der Waals surface area contributed by atoms with E-state index in [1.165, 1.54) is 54.4 Å². The average molecular weight is 483 g/mol. The summed E-state index contributed by atoms with van der Waals surface area (Å²) in [7, 11) is 0. The molecule has 1 aliphatic rings. The topological polar surface area (TPSA) is 46.5 Å². The highest BCUT2D eigenvalue weighted by atomic mass is 16.5. The van der Waals surface area contributed by atoms with E-state index in [2.05, 4.69) is 74.2 Å². The minimum absolute atomic E-state index is 0.157. The van der Waals surface area contributed by atoms with E-state index in [0.717, 1.165) is 28.7 Å². The van der Waals surface area contributed by atoms with E-state index < -0.39 is 0 Å². The summed E-state index contributed by atoms with van der Waals surface area (Å²) in [6.07, 6.45) is 8.20. The number of carbonyl (C=O) groups is 1. The molecule has 0 unspecified atom stereocenters. The van der Waals surface area contributed by atoms with Crippen LogP contribution in [0.5, 0.6) is 0 Å². The molecule has 1 saturated carbocycles. The molecular weight excluding hydrogens is 444 g/mol. The fourth-order valence-corrected chi connectivity index (χ4v) is 5.28. The Morgan fingerprint density at radius 1 is 0.944 bits per heavy atom. The van der Waals surface area contributed by atoms with Crippen molar-refractivity contribution in [3.8, 4) is 22.3 Å². The Labute approximate surface area is 215 Å². The zero-order valence-corrected chi connectivity index (χ0v) is 21.7. The van der Waals surface area contributed by atoms with Crippen LogP contribution in [0.25, 0.3) is 22.3 Å². The first-order valence-electron chi connectivity index (χ1n) is 13.2. The molecule has 1 fully saturated rings. The summed E-state index contributed by atoms with van der Waals surface area (Å²) in [6, 6.07) is 22.0. The smallest absolute Gasteiger partial charge is 0.333 e. The summed E-state index contributed by atoms with van der Waals surface area (Å²) in [6.45, 7) is 7.85. The van der Waals surface area contributed by atoms with Gasteiger partial charge in [-0.1, -0.05) is 86.5 Å². The summed E-state index contributed by atoms with van der Waals surface area (Å²) < 4.78 is 5.51. The number of ether oxygens (including phenoxy) is 1. The molecule has 0 aromatic heterocycles. The van der Waals surface area contributed by atoms with Crippen LogP contribution < -0.4 is 0 Å². The molecule has 3 aromatic rings. The lowest BCUT2D eigenvalue weighted by atomic mass is 9.83. The van der Waals surface area contributed by atoms with Gasteiger partial charge in [-0.15, -0.1) is 0 Å². The summed E-state index contributed by atoms with van der Waals surface area (Å²) in [5.74, 6) is 0.332. The number of aliphatic hydroxyl groups excluding tert-OH is 1. The lowest BCUT2D eigenvalue weighted by Gasteiger charge is -2.22. The van der Waals surface area contributed by atoms with Crippen molar-refractivity contribution >= 4 is 5.97 Å². The van der Waals surface area contributed by atoms with Gasteiger partial charge in [-0.2, -0.15) is 0 Å². The largest absolute Gasteiger partial charge is 0.457 e. The lowest BCUT2D eigenvalue weighted by molar-refractivity contribution is -0.140. The van der Waals surface area contributed by atoms with Crippen LogP contribution in [0, 0.1) is 6.92 Å². The number of benzene rings is 3. The number of carbonyl (C=O) groups excluding carboxylic acids is 1. The molecule has 0 saturated heterocycles. The molecule has 0 bridgehead atoms. The van der Waals surface area contributed by atoms with Gasteiger partial charge in [0.05, 0.1) is 0 Å². The first-order chi connectivity index (χ1) is 17.5. The Balaban J connectivity index is 1.59. The van der Waals surface area contributed by atoms with E-state index >= 15 is 0 Å². The molecule has 0 aliphatic heterocycles. The molecular formula is C33H38O3. The minimum Gasteiger partial charge on any atom is -0.457 e. The van der Waals surface area contributed by atoms with Crippen LogP contribution in [0.3, 0.4) is 0 Å². The molecule has 188 valence electrons. The van der Waals surface area contributed by atoms with Crippen LogP contribution in [-0.4, -0.2) is 17.7 Å². The third-order valence-electron chi connectivity index (χ3n) is 7.34. The van der Waals surface area contributed by atoms with Crippen molar-refractivity contribution < 1.29 is 14.6 Å². The third-order valence-corrected chi connectivity index (χ3v) is 7.34. The number of esters is 1. The first-order valence-corrected chi connectivity index (χ1v) is 13.2. The second-order valence-electron chi connectivity index (χ2n) is 10.2. The Kier molecular flexibility index (Phi) is 8.77. The Hall–Kier alpha value is -3.17. The molecule has 4 rings (SSSR count). The normalized spacial score (nSPS) is 14.0. The van der Waals surface area contributed by atoms with E-state index in [0.29, 0.717) is 17.9 Å². The Morgan fingerprint density at radius 3 is 2.31 bits per heavy atom. The van der Waals surface area contributed by atoms with Crippen molar-refractivity contribution in [3.63, 3.8) is 0 Å². The van der Waals surface area contributed by atoms with Crippen molar-refractivity contribution in [2.45, 2.75) is 71.3 Å². The van der Waals surface area contributed by atoms with Gasteiger partial charge in [0.25, 0.3) is 0 Å². The van der Waals surface area contributed by atoms with Gasteiger partial charge in [0.1, 0.15) is 6.61 Å². The monoisotopic (exact) mass is 482 g/mol. The number of hydrogen-bond donors (Lipinski definition) is 1. The molecule has 3 nitrogen and oxygen atoms in total. The van der Waals surface area contributed by atoms with Gasteiger partial charge in [0, 0.05) is 12.2 Å². The fraction of sp³-hybridized carbons (Fsp3) is 0.364. The quantitative estimate of drug-likeness (QED) is 0.249. The van der Waals surface area contributed by atoms with Crippen molar-refractivity contribution in [2.75, 3.05) is 6.61 Å². The fourth-order valence-electron chi connectivity index (χ4n) is 5.28. The summed E-state index contributed by atoms with van der Waals surface area (Å²) in [5, 5.41) is 9.22. The molecule has 1 N–H and O–H groups in total. The van der Waals surface area contributed by atoms with Gasteiger partial charge in [0.15, 0.2) is 0 Å². The highest BCUT2D eigenvalue weighted by Crippen LogP contribution is 2.35. The van der Waals surface area contributed by atoms with Gasteiger partial charge in [-0.05, 0) is 90.0 Å². The Morgan fingerprint density at radius 2 is 1.64 bits per heavy atom. The zero-order chi connectivity index (χ0) is 25.5. The lowest BCUT2D eigenvalue weighted by Crippen LogP contribution is -2.06. The molecule has 0 spiro atoms. The van der Waals surface area contributed by atoms with Crippen molar-refractivity contribution in [3.05, 3.63) is 95.1 Å². The van der Waals surface area contributed by atoms with Crippen molar-refractivity contribution in [2.24, 2.45) is 0 Å². The molecule has 0 radical (unpaired) electrons. The molecule has 1 aliphatic carbocycles. The molecule has 3 aromatic carbocycles. The van der Waals surface area contributed by atoms with Gasteiger partial charge in [-0.25, -0.2) is 4.79 Å². The van der Waals surface area contributed by atoms with Crippen molar-refractivity contribution in [1.82, 2.24) is 0 Å². The van der Waals surface area contributed by atoms with Crippen LogP contribution in [-0.2, 0) is 22.6 Å². The second-order valence-corrected chi connectivity index (χ2v) is 10.2. The molecule has 0 atom stereocenters. The first kappa shape index (κ1) is 25.9. The van der Waals surface area contributed by atoms with Crippen LogP contribution >= 0.6 is 0 Å². The second kappa shape index (κ2) is 12.2.